The van der Waals surface area contributed by atoms with E-state index in [0.29, 0.717) is 29.7 Å². The molecule has 0 radical (unpaired) electrons. The molecule has 1 aliphatic carbocycles. The number of hydrogen-bond acceptors (Lipinski definition) is 5. The van der Waals surface area contributed by atoms with Crippen molar-refractivity contribution in [1.82, 2.24) is 15.5 Å². The van der Waals surface area contributed by atoms with Gasteiger partial charge in [0.2, 0.25) is 11.7 Å². The number of carbonyl (C=O) groups is 1. The molecule has 0 aromatic heterocycles. The topological polar surface area (TPSA) is 84.4 Å². The number of hydrogen-bond donors (Lipinski definition) is 2. The van der Waals surface area contributed by atoms with Gasteiger partial charge in [0.1, 0.15) is 0 Å². The van der Waals surface area contributed by atoms with E-state index in [1.54, 1.807) is 21.3 Å². The van der Waals surface area contributed by atoms with Gasteiger partial charge in [-0.2, -0.15) is 0 Å². The third-order valence-electron chi connectivity index (χ3n) is 6.28. The average molecular weight is 447 g/mol. The SMILES string of the molecule is CCNC(=NCc1cc(OC)c(OC)c(OC)c1)NC1CCN(C(=O)C2CCCCC2)C1. The lowest BCUT2D eigenvalue weighted by molar-refractivity contribution is -0.135. The van der Waals surface area contributed by atoms with Gasteiger partial charge in [0.25, 0.3) is 0 Å². The first-order valence-electron chi connectivity index (χ1n) is 11.7. The smallest absolute Gasteiger partial charge is 0.225 e. The van der Waals surface area contributed by atoms with Gasteiger partial charge in [-0.3, -0.25) is 4.79 Å². The minimum atomic E-state index is 0.209. The highest BCUT2D eigenvalue weighted by atomic mass is 16.5. The van der Waals surface area contributed by atoms with Crippen molar-refractivity contribution >= 4 is 11.9 Å². The summed E-state index contributed by atoms with van der Waals surface area (Å²) in [4.78, 5) is 19.6. The summed E-state index contributed by atoms with van der Waals surface area (Å²) in [6.45, 7) is 4.83. The molecule has 1 aliphatic heterocycles. The van der Waals surface area contributed by atoms with E-state index < -0.39 is 0 Å². The molecule has 2 fully saturated rings. The first kappa shape index (κ1) is 24.0. The van der Waals surface area contributed by atoms with Crippen LogP contribution in [0.5, 0.6) is 17.2 Å². The molecule has 2 aliphatic rings. The lowest BCUT2D eigenvalue weighted by Crippen LogP contribution is -2.45. The summed E-state index contributed by atoms with van der Waals surface area (Å²) in [6.07, 6.45) is 6.67. The fourth-order valence-electron chi connectivity index (χ4n) is 4.60. The third-order valence-corrected chi connectivity index (χ3v) is 6.28. The Bertz CT molecular complexity index is 767. The predicted octanol–water partition coefficient (Wildman–Crippen LogP) is 2.95. The number of likely N-dealkylation sites (tertiary alicyclic amines) is 1. The van der Waals surface area contributed by atoms with E-state index in [0.717, 1.165) is 50.4 Å². The molecule has 1 atom stereocenters. The summed E-state index contributed by atoms with van der Waals surface area (Å²) < 4.78 is 16.3. The Morgan fingerprint density at radius 3 is 2.34 bits per heavy atom. The van der Waals surface area contributed by atoms with Crippen molar-refractivity contribution in [3.8, 4) is 17.2 Å². The summed E-state index contributed by atoms with van der Waals surface area (Å²) in [6, 6.07) is 4.03. The van der Waals surface area contributed by atoms with Crippen LogP contribution in [0.2, 0.25) is 0 Å². The number of benzene rings is 1. The Hall–Kier alpha value is -2.64. The highest BCUT2D eigenvalue weighted by molar-refractivity contribution is 5.81. The molecule has 8 heteroatoms. The first-order chi connectivity index (χ1) is 15.6. The van der Waals surface area contributed by atoms with E-state index in [4.69, 9.17) is 19.2 Å². The third kappa shape index (κ3) is 5.99. The molecule has 178 valence electrons. The van der Waals surface area contributed by atoms with Crippen molar-refractivity contribution in [3.05, 3.63) is 17.7 Å². The van der Waals surface area contributed by atoms with Crippen LogP contribution in [0, 0.1) is 5.92 Å². The monoisotopic (exact) mass is 446 g/mol. The molecule has 32 heavy (non-hydrogen) atoms. The van der Waals surface area contributed by atoms with E-state index in [2.05, 4.69) is 10.6 Å². The van der Waals surface area contributed by atoms with E-state index in [-0.39, 0.29) is 12.0 Å². The minimum Gasteiger partial charge on any atom is -0.493 e. The quantitative estimate of drug-likeness (QED) is 0.472. The molecule has 2 N–H and O–H groups in total. The Morgan fingerprint density at radius 2 is 1.75 bits per heavy atom. The van der Waals surface area contributed by atoms with Crippen molar-refractivity contribution in [2.75, 3.05) is 41.0 Å². The lowest BCUT2D eigenvalue weighted by Gasteiger charge is -2.26. The van der Waals surface area contributed by atoms with Crippen molar-refractivity contribution in [3.63, 3.8) is 0 Å². The molecule has 0 spiro atoms. The molecule has 1 aromatic rings. The zero-order chi connectivity index (χ0) is 22.9. The number of nitrogens with zero attached hydrogens (tertiary/aromatic N) is 2. The van der Waals surface area contributed by atoms with E-state index in [9.17, 15) is 4.79 Å². The fourth-order valence-corrected chi connectivity index (χ4v) is 4.60. The molecule has 0 bridgehead atoms. The summed E-state index contributed by atoms with van der Waals surface area (Å²) in [5.41, 5.74) is 0.956. The van der Waals surface area contributed by atoms with Crippen LogP contribution in [0.1, 0.15) is 51.0 Å². The molecule has 1 heterocycles. The molecule has 1 unspecified atom stereocenters. The van der Waals surface area contributed by atoms with Crippen LogP contribution in [0.3, 0.4) is 0 Å². The van der Waals surface area contributed by atoms with E-state index in [1.807, 2.05) is 24.0 Å². The van der Waals surface area contributed by atoms with E-state index >= 15 is 0 Å². The van der Waals surface area contributed by atoms with Gasteiger partial charge in [-0.15, -0.1) is 0 Å². The fraction of sp³-hybridized carbons (Fsp3) is 0.667. The van der Waals surface area contributed by atoms with Crippen molar-refractivity contribution < 1.29 is 19.0 Å². The molecule has 1 saturated heterocycles. The summed E-state index contributed by atoms with van der Waals surface area (Å²) in [5, 5.41) is 6.83. The van der Waals surface area contributed by atoms with Crippen molar-refractivity contribution in [1.29, 1.82) is 0 Å². The van der Waals surface area contributed by atoms with Gasteiger partial charge in [0.15, 0.2) is 17.5 Å². The largest absolute Gasteiger partial charge is 0.493 e. The number of amides is 1. The maximum Gasteiger partial charge on any atom is 0.225 e. The van der Waals surface area contributed by atoms with Gasteiger partial charge in [-0.25, -0.2) is 4.99 Å². The van der Waals surface area contributed by atoms with E-state index in [1.165, 1.54) is 19.3 Å². The number of rotatable bonds is 8. The number of ether oxygens (including phenoxy) is 3. The predicted molar refractivity (Wildman–Crippen MR) is 126 cm³/mol. The zero-order valence-electron chi connectivity index (χ0n) is 19.9. The van der Waals surface area contributed by atoms with Crippen LogP contribution in [0.25, 0.3) is 0 Å². The van der Waals surface area contributed by atoms with Gasteiger partial charge < -0.3 is 29.7 Å². The standard InChI is InChI=1S/C24H38N4O4/c1-5-25-24(26-15-17-13-20(30-2)22(32-4)21(14-17)31-3)27-19-11-12-28(16-19)23(29)18-9-7-6-8-10-18/h13-14,18-19H,5-12,15-16H2,1-4H3,(H2,25,26,27). The Kier molecular flexibility index (Phi) is 8.88. The van der Waals surface area contributed by atoms with Crippen LogP contribution in [-0.4, -0.2) is 63.8 Å². The molecular weight excluding hydrogens is 408 g/mol. The number of guanidine groups is 1. The summed E-state index contributed by atoms with van der Waals surface area (Å²) in [5.74, 6) is 3.11. The van der Waals surface area contributed by atoms with Crippen molar-refractivity contribution in [2.45, 2.75) is 58.0 Å². The first-order valence-corrected chi connectivity index (χ1v) is 11.7. The second-order valence-electron chi connectivity index (χ2n) is 8.48. The molecule has 1 amide bonds. The highest BCUT2D eigenvalue weighted by Gasteiger charge is 2.31. The maximum absolute atomic E-state index is 12.9. The van der Waals surface area contributed by atoms with Gasteiger partial charge in [-0.05, 0) is 43.9 Å². The number of aliphatic imine (C=N–C) groups is 1. The number of nitrogens with one attached hydrogen (secondary N) is 2. The second-order valence-corrected chi connectivity index (χ2v) is 8.48. The molecule has 1 saturated carbocycles. The average Bonchev–Trinajstić information content (AvgIpc) is 3.30. The lowest BCUT2D eigenvalue weighted by atomic mass is 9.88. The van der Waals surface area contributed by atoms with Crippen LogP contribution in [-0.2, 0) is 11.3 Å². The Balaban J connectivity index is 1.62. The Morgan fingerprint density at radius 1 is 1.06 bits per heavy atom. The second kappa shape index (κ2) is 11.8. The number of methoxy groups -OCH3 is 3. The van der Waals surface area contributed by atoms with Gasteiger partial charge in [-0.1, -0.05) is 19.3 Å². The molecule has 8 nitrogen and oxygen atoms in total. The van der Waals surface area contributed by atoms with Crippen LogP contribution >= 0.6 is 0 Å². The summed E-state index contributed by atoms with van der Waals surface area (Å²) >= 11 is 0. The molecular formula is C24H38N4O4. The molecule has 3 rings (SSSR count). The van der Waals surface area contributed by atoms with Crippen LogP contribution in [0.4, 0.5) is 0 Å². The Labute approximate surface area is 191 Å². The van der Waals surface area contributed by atoms with Gasteiger partial charge >= 0.3 is 0 Å². The van der Waals surface area contributed by atoms with Crippen LogP contribution < -0.4 is 24.8 Å². The summed E-state index contributed by atoms with van der Waals surface area (Å²) in [7, 11) is 4.81. The highest BCUT2D eigenvalue weighted by Crippen LogP contribution is 2.38. The van der Waals surface area contributed by atoms with Gasteiger partial charge in [0.05, 0.1) is 27.9 Å². The zero-order valence-corrected chi connectivity index (χ0v) is 19.9. The van der Waals surface area contributed by atoms with Gasteiger partial charge in [0, 0.05) is 31.6 Å². The number of carbonyl (C=O) groups excluding carboxylic acids is 1. The normalized spacial score (nSPS) is 19.6. The van der Waals surface area contributed by atoms with Crippen molar-refractivity contribution in [2.24, 2.45) is 10.9 Å². The minimum absolute atomic E-state index is 0.209. The maximum atomic E-state index is 12.9. The van der Waals surface area contributed by atoms with Crippen LogP contribution in [0.15, 0.2) is 17.1 Å². The molecule has 1 aromatic carbocycles.